The first-order chi connectivity index (χ1) is 7.25. The summed E-state index contributed by atoms with van der Waals surface area (Å²) in [5.74, 6) is -0.970. The lowest BCUT2D eigenvalue weighted by Gasteiger charge is -2.25. The van der Waals surface area contributed by atoms with E-state index in [0.29, 0.717) is 0 Å². The zero-order valence-corrected chi connectivity index (χ0v) is 8.57. The molecule has 0 radical (unpaired) electrons. The molecule has 15 heavy (non-hydrogen) atoms. The van der Waals surface area contributed by atoms with Gasteiger partial charge in [-0.1, -0.05) is 6.42 Å². The van der Waals surface area contributed by atoms with Gasteiger partial charge in [0.2, 0.25) is 5.82 Å². The smallest absolute Gasteiger partial charge is 0.371 e. The van der Waals surface area contributed by atoms with Crippen molar-refractivity contribution in [2.45, 2.75) is 25.8 Å². The van der Waals surface area contributed by atoms with Crippen molar-refractivity contribution in [2.24, 2.45) is 0 Å². The highest BCUT2D eigenvalue weighted by Crippen LogP contribution is 2.11. The van der Waals surface area contributed by atoms with Crippen LogP contribution in [0.1, 0.15) is 35.6 Å². The number of aromatic amines is 1. The van der Waals surface area contributed by atoms with Crippen LogP contribution >= 0.6 is 0 Å². The fourth-order valence-corrected chi connectivity index (χ4v) is 1.91. The predicted molar refractivity (Wildman–Crippen MR) is 54.7 cm³/mol. The minimum Gasteiger partial charge on any atom is -0.475 e. The van der Waals surface area contributed by atoms with Crippen molar-refractivity contribution in [3.8, 4) is 0 Å². The van der Waals surface area contributed by atoms with Crippen molar-refractivity contribution in [1.29, 1.82) is 0 Å². The van der Waals surface area contributed by atoms with E-state index in [1.54, 1.807) is 6.20 Å². The number of likely N-dealkylation sites (tertiary alicyclic amines) is 1. The number of hydrogen-bond acceptors (Lipinski definition) is 3. The van der Waals surface area contributed by atoms with Gasteiger partial charge in [-0.05, 0) is 25.9 Å². The summed E-state index contributed by atoms with van der Waals surface area (Å²) in [5.41, 5.74) is 0.884. The van der Waals surface area contributed by atoms with E-state index in [1.165, 1.54) is 19.3 Å². The zero-order valence-electron chi connectivity index (χ0n) is 8.57. The molecule has 0 spiro atoms. The molecule has 5 heteroatoms. The van der Waals surface area contributed by atoms with Gasteiger partial charge >= 0.3 is 5.97 Å². The number of imidazole rings is 1. The highest BCUT2D eigenvalue weighted by Gasteiger charge is 2.13. The molecule has 1 aliphatic rings. The second-order valence-electron chi connectivity index (χ2n) is 3.90. The van der Waals surface area contributed by atoms with Crippen molar-refractivity contribution in [3.05, 3.63) is 17.7 Å². The van der Waals surface area contributed by atoms with Crippen LogP contribution in [-0.2, 0) is 6.54 Å². The Bertz CT molecular complexity index is 342. The summed E-state index contributed by atoms with van der Waals surface area (Å²) in [5, 5.41) is 8.70. The summed E-state index contributed by atoms with van der Waals surface area (Å²) >= 11 is 0. The maximum atomic E-state index is 10.6. The molecule has 1 aromatic heterocycles. The van der Waals surface area contributed by atoms with E-state index >= 15 is 0 Å². The van der Waals surface area contributed by atoms with Crippen LogP contribution in [0.5, 0.6) is 0 Å². The van der Waals surface area contributed by atoms with Crippen molar-refractivity contribution < 1.29 is 9.90 Å². The molecule has 0 aromatic carbocycles. The van der Waals surface area contributed by atoms with Crippen LogP contribution in [0.15, 0.2) is 6.20 Å². The number of carboxylic acid groups (broad SMARTS) is 1. The fraction of sp³-hybridized carbons (Fsp3) is 0.600. The van der Waals surface area contributed by atoms with Gasteiger partial charge in [0.25, 0.3) is 0 Å². The Morgan fingerprint density at radius 2 is 2.20 bits per heavy atom. The number of carbonyl (C=O) groups is 1. The largest absolute Gasteiger partial charge is 0.475 e. The number of rotatable bonds is 3. The van der Waals surface area contributed by atoms with Crippen LogP contribution in [0.25, 0.3) is 0 Å². The Kier molecular flexibility index (Phi) is 3.01. The minimum absolute atomic E-state index is 0.0296. The third-order valence-corrected chi connectivity index (χ3v) is 2.67. The third-order valence-electron chi connectivity index (χ3n) is 2.67. The summed E-state index contributed by atoms with van der Waals surface area (Å²) < 4.78 is 0. The van der Waals surface area contributed by atoms with Gasteiger partial charge in [0.1, 0.15) is 0 Å². The number of H-pyrrole nitrogens is 1. The van der Waals surface area contributed by atoms with Crippen molar-refractivity contribution in [1.82, 2.24) is 14.9 Å². The van der Waals surface area contributed by atoms with E-state index < -0.39 is 5.97 Å². The molecule has 1 fully saturated rings. The monoisotopic (exact) mass is 209 g/mol. The van der Waals surface area contributed by atoms with E-state index in [-0.39, 0.29) is 5.82 Å². The standard InChI is InChI=1S/C10H15N3O2/c14-10(15)9-11-6-8(12-9)7-13-4-2-1-3-5-13/h6H,1-5,7H2,(H,11,12)(H,14,15). The van der Waals surface area contributed by atoms with Gasteiger partial charge < -0.3 is 10.1 Å². The Balaban J connectivity index is 1.94. The number of aromatic carboxylic acids is 1. The molecule has 2 rings (SSSR count). The summed E-state index contributed by atoms with van der Waals surface area (Å²) in [4.78, 5) is 19.5. The average molecular weight is 209 g/mol. The van der Waals surface area contributed by atoms with Gasteiger partial charge in [-0.15, -0.1) is 0 Å². The van der Waals surface area contributed by atoms with E-state index in [0.717, 1.165) is 25.3 Å². The van der Waals surface area contributed by atoms with Crippen LogP contribution in [0.3, 0.4) is 0 Å². The van der Waals surface area contributed by atoms with Gasteiger partial charge in [0, 0.05) is 12.2 Å². The lowest BCUT2D eigenvalue weighted by Crippen LogP contribution is -2.29. The van der Waals surface area contributed by atoms with Crippen LogP contribution in [-0.4, -0.2) is 39.0 Å². The molecule has 82 valence electrons. The topological polar surface area (TPSA) is 69.2 Å². The maximum Gasteiger partial charge on any atom is 0.371 e. The first-order valence-corrected chi connectivity index (χ1v) is 5.25. The molecule has 0 saturated carbocycles. The summed E-state index contributed by atoms with van der Waals surface area (Å²) in [6.45, 7) is 2.98. The number of nitrogens with zero attached hydrogens (tertiary/aromatic N) is 2. The molecule has 0 aliphatic carbocycles. The first-order valence-electron chi connectivity index (χ1n) is 5.25. The third kappa shape index (κ3) is 2.56. The Hall–Kier alpha value is -1.36. The molecule has 1 saturated heterocycles. The second kappa shape index (κ2) is 4.44. The van der Waals surface area contributed by atoms with Crippen LogP contribution in [0.4, 0.5) is 0 Å². The van der Waals surface area contributed by atoms with E-state index in [9.17, 15) is 4.79 Å². The lowest BCUT2D eigenvalue weighted by molar-refractivity contribution is 0.0684. The second-order valence-corrected chi connectivity index (χ2v) is 3.90. The minimum atomic E-state index is -1.00. The van der Waals surface area contributed by atoms with Gasteiger partial charge in [0.15, 0.2) is 0 Å². The van der Waals surface area contributed by atoms with Crippen molar-refractivity contribution >= 4 is 5.97 Å². The summed E-state index contributed by atoms with van der Waals surface area (Å²) in [6, 6.07) is 0. The molecule has 1 aromatic rings. The molecule has 2 N–H and O–H groups in total. The average Bonchev–Trinajstić information content (AvgIpc) is 2.68. The molecular weight excluding hydrogens is 194 g/mol. The van der Waals surface area contributed by atoms with E-state index in [4.69, 9.17) is 5.11 Å². The van der Waals surface area contributed by atoms with Crippen molar-refractivity contribution in [3.63, 3.8) is 0 Å². The predicted octanol–water partition coefficient (Wildman–Crippen LogP) is 1.09. The zero-order chi connectivity index (χ0) is 10.7. The molecule has 0 amide bonds. The van der Waals surface area contributed by atoms with Gasteiger partial charge in [-0.25, -0.2) is 9.78 Å². The summed E-state index contributed by atoms with van der Waals surface area (Å²) in [6.07, 6.45) is 5.39. The Morgan fingerprint density at radius 3 is 2.80 bits per heavy atom. The van der Waals surface area contributed by atoms with Gasteiger partial charge in [-0.3, -0.25) is 4.90 Å². The Labute approximate surface area is 88.1 Å². The van der Waals surface area contributed by atoms with Crippen LogP contribution in [0, 0.1) is 0 Å². The molecular formula is C10H15N3O2. The van der Waals surface area contributed by atoms with E-state index in [1.807, 2.05) is 0 Å². The molecule has 5 nitrogen and oxygen atoms in total. The normalized spacial score (nSPS) is 17.9. The highest BCUT2D eigenvalue weighted by molar-refractivity contribution is 5.83. The number of piperidine rings is 1. The molecule has 0 unspecified atom stereocenters. The quantitative estimate of drug-likeness (QED) is 0.782. The van der Waals surface area contributed by atoms with Crippen LogP contribution in [0.2, 0.25) is 0 Å². The number of carboxylic acids is 1. The molecule has 0 bridgehead atoms. The van der Waals surface area contributed by atoms with Gasteiger partial charge in [-0.2, -0.15) is 0 Å². The highest BCUT2D eigenvalue weighted by atomic mass is 16.4. The summed E-state index contributed by atoms with van der Waals surface area (Å²) in [7, 11) is 0. The number of hydrogen-bond donors (Lipinski definition) is 2. The number of aromatic nitrogens is 2. The van der Waals surface area contributed by atoms with E-state index in [2.05, 4.69) is 14.9 Å². The van der Waals surface area contributed by atoms with Crippen LogP contribution < -0.4 is 0 Å². The molecule has 1 aliphatic heterocycles. The fourth-order valence-electron chi connectivity index (χ4n) is 1.91. The lowest BCUT2D eigenvalue weighted by atomic mass is 10.1. The Morgan fingerprint density at radius 1 is 1.47 bits per heavy atom. The van der Waals surface area contributed by atoms with Gasteiger partial charge in [0.05, 0.1) is 6.20 Å². The molecule has 2 heterocycles. The SMILES string of the molecule is O=C(O)c1ncc(CN2CCCCC2)[nH]1. The number of nitrogens with one attached hydrogen (secondary N) is 1. The first kappa shape index (κ1) is 10.2. The molecule has 0 atom stereocenters. The maximum absolute atomic E-state index is 10.6. The van der Waals surface area contributed by atoms with Crippen molar-refractivity contribution in [2.75, 3.05) is 13.1 Å².